The van der Waals surface area contributed by atoms with Gasteiger partial charge in [-0.15, -0.1) is 0 Å². The van der Waals surface area contributed by atoms with Gasteiger partial charge in [-0.3, -0.25) is 4.79 Å². The van der Waals surface area contributed by atoms with Crippen LogP contribution in [0, 0.1) is 6.92 Å². The fraction of sp³-hybridized carbons (Fsp3) is 0.593. The minimum atomic E-state index is -0.930. The number of aromatic nitrogens is 1. The van der Waals surface area contributed by atoms with E-state index in [4.69, 9.17) is 4.98 Å². The van der Waals surface area contributed by atoms with E-state index in [-0.39, 0.29) is 24.0 Å². The average Bonchev–Trinajstić information content (AvgIpc) is 3.17. The number of aliphatic hydroxyl groups is 1. The number of urea groups is 1. The fourth-order valence-corrected chi connectivity index (χ4v) is 6.94. The zero-order chi connectivity index (χ0) is 25.4. The molecule has 36 heavy (non-hydrogen) atoms. The Balaban J connectivity index is 1.24. The van der Waals surface area contributed by atoms with Gasteiger partial charge in [-0.25, -0.2) is 9.78 Å². The largest absolute Gasteiger partial charge is 0.388 e. The summed E-state index contributed by atoms with van der Waals surface area (Å²) in [4.78, 5) is 38.0. The van der Waals surface area contributed by atoms with Crippen LogP contribution in [0.1, 0.15) is 66.9 Å². The fourth-order valence-electron chi connectivity index (χ4n) is 5.86. The molecule has 1 aromatic carbocycles. The van der Waals surface area contributed by atoms with E-state index in [1.807, 2.05) is 34.9 Å². The molecule has 2 saturated heterocycles. The van der Waals surface area contributed by atoms with E-state index in [0.29, 0.717) is 11.4 Å². The third-order valence-electron chi connectivity index (χ3n) is 7.88. The molecule has 3 aliphatic heterocycles. The summed E-state index contributed by atoms with van der Waals surface area (Å²) in [7, 11) is 0. The number of aryl methyl sites for hydroxylation is 1. The molecule has 1 unspecified atom stereocenters. The Morgan fingerprint density at radius 3 is 2.61 bits per heavy atom. The van der Waals surface area contributed by atoms with Crippen LogP contribution in [0.25, 0.3) is 0 Å². The molecule has 4 heterocycles. The van der Waals surface area contributed by atoms with Crippen molar-refractivity contribution in [3.05, 3.63) is 40.4 Å². The molecule has 0 radical (unpaired) electrons. The van der Waals surface area contributed by atoms with Crippen molar-refractivity contribution in [3.63, 3.8) is 0 Å². The standard InChI is InChI=1S/C27H37N5O3S/c1-18-23(24(33)32-14-7-6-10-22(32)27(2,3)35)36-26(28-18)30-15-12-20(13-16-30)31-17-11-19-8-4-5-9-21(19)29-25(31)34/h4-5,8-9,20,22,35H,6-7,10-17H2,1-3H3,(H,29,34). The number of thiazole rings is 1. The third kappa shape index (κ3) is 4.95. The number of hydrogen-bond donors (Lipinski definition) is 2. The lowest BCUT2D eigenvalue weighted by Crippen LogP contribution is -2.54. The molecule has 0 aliphatic carbocycles. The van der Waals surface area contributed by atoms with Crippen molar-refractivity contribution in [3.8, 4) is 0 Å². The molecule has 0 spiro atoms. The maximum atomic E-state index is 13.5. The molecule has 3 amide bonds. The zero-order valence-electron chi connectivity index (χ0n) is 21.5. The quantitative estimate of drug-likeness (QED) is 0.640. The molecule has 9 heteroatoms. The van der Waals surface area contributed by atoms with E-state index in [9.17, 15) is 14.7 Å². The molecule has 2 aromatic rings. The number of nitrogens with one attached hydrogen (secondary N) is 1. The highest BCUT2D eigenvalue weighted by molar-refractivity contribution is 7.17. The predicted octanol–water partition coefficient (Wildman–Crippen LogP) is 4.28. The van der Waals surface area contributed by atoms with Crippen LogP contribution in [-0.2, 0) is 6.42 Å². The van der Waals surface area contributed by atoms with Crippen LogP contribution in [0.5, 0.6) is 0 Å². The van der Waals surface area contributed by atoms with Crippen LogP contribution in [0.2, 0.25) is 0 Å². The lowest BCUT2D eigenvalue weighted by atomic mass is 9.89. The summed E-state index contributed by atoms with van der Waals surface area (Å²) in [5.41, 5.74) is 1.92. The number of rotatable bonds is 4. The SMILES string of the molecule is Cc1nc(N2CCC(N3CCc4ccccc4NC3=O)CC2)sc1C(=O)N1CCCCC1C(C)(C)O. The van der Waals surface area contributed by atoms with Crippen LogP contribution in [0.15, 0.2) is 24.3 Å². The second-order valence-electron chi connectivity index (χ2n) is 10.8. The van der Waals surface area contributed by atoms with E-state index < -0.39 is 5.60 Å². The van der Waals surface area contributed by atoms with Crippen LogP contribution in [0.4, 0.5) is 15.6 Å². The Kier molecular flexibility index (Phi) is 6.96. The number of hydrogen-bond acceptors (Lipinski definition) is 6. The Morgan fingerprint density at radius 2 is 1.86 bits per heavy atom. The number of carbonyl (C=O) groups is 2. The maximum Gasteiger partial charge on any atom is 0.322 e. The van der Waals surface area contributed by atoms with Gasteiger partial charge in [0, 0.05) is 37.9 Å². The number of amides is 3. The van der Waals surface area contributed by atoms with Crippen molar-refractivity contribution in [1.82, 2.24) is 14.8 Å². The van der Waals surface area contributed by atoms with E-state index in [1.165, 1.54) is 16.9 Å². The smallest absolute Gasteiger partial charge is 0.322 e. The maximum absolute atomic E-state index is 13.5. The number of fused-ring (bicyclic) bond motifs is 1. The Labute approximate surface area is 217 Å². The lowest BCUT2D eigenvalue weighted by Gasteiger charge is -2.42. The molecule has 8 nitrogen and oxygen atoms in total. The first-order valence-electron chi connectivity index (χ1n) is 13.1. The Bertz CT molecular complexity index is 1120. The number of para-hydroxylation sites is 1. The minimum absolute atomic E-state index is 0.0146. The van der Waals surface area contributed by atoms with Crippen molar-refractivity contribution in [2.24, 2.45) is 0 Å². The normalized spacial score (nSPS) is 21.7. The van der Waals surface area contributed by atoms with Gasteiger partial charge < -0.3 is 25.1 Å². The second kappa shape index (κ2) is 10.0. The second-order valence-corrected chi connectivity index (χ2v) is 11.8. The van der Waals surface area contributed by atoms with Gasteiger partial charge in [-0.2, -0.15) is 0 Å². The van der Waals surface area contributed by atoms with Gasteiger partial charge in [0.15, 0.2) is 5.13 Å². The first kappa shape index (κ1) is 25.0. The van der Waals surface area contributed by atoms with Crippen molar-refractivity contribution in [2.75, 3.05) is 36.4 Å². The summed E-state index contributed by atoms with van der Waals surface area (Å²) in [5, 5.41) is 14.6. The summed E-state index contributed by atoms with van der Waals surface area (Å²) in [5.74, 6) is -0.0150. The molecule has 2 fully saturated rings. The van der Waals surface area contributed by atoms with Gasteiger partial charge in [0.25, 0.3) is 5.91 Å². The van der Waals surface area contributed by atoms with E-state index in [2.05, 4.69) is 16.3 Å². The van der Waals surface area contributed by atoms with Crippen molar-refractivity contribution in [2.45, 2.75) is 77.0 Å². The predicted molar refractivity (Wildman–Crippen MR) is 143 cm³/mol. The summed E-state index contributed by atoms with van der Waals surface area (Å²) < 4.78 is 0. The van der Waals surface area contributed by atoms with Crippen molar-refractivity contribution < 1.29 is 14.7 Å². The van der Waals surface area contributed by atoms with Crippen LogP contribution < -0.4 is 10.2 Å². The molecule has 0 saturated carbocycles. The van der Waals surface area contributed by atoms with Crippen LogP contribution in [0.3, 0.4) is 0 Å². The van der Waals surface area contributed by atoms with Crippen molar-refractivity contribution in [1.29, 1.82) is 0 Å². The molecule has 1 atom stereocenters. The summed E-state index contributed by atoms with van der Waals surface area (Å²) >= 11 is 1.46. The molecule has 2 N–H and O–H groups in total. The van der Waals surface area contributed by atoms with Crippen LogP contribution in [-0.4, -0.2) is 75.7 Å². The number of benzene rings is 1. The highest BCUT2D eigenvalue weighted by Gasteiger charge is 2.38. The molecule has 1 aromatic heterocycles. The topological polar surface area (TPSA) is 89.0 Å². The van der Waals surface area contributed by atoms with Gasteiger partial charge in [-0.05, 0) is 70.9 Å². The van der Waals surface area contributed by atoms with Crippen molar-refractivity contribution >= 4 is 34.1 Å². The summed E-state index contributed by atoms with van der Waals surface area (Å²) in [6, 6.07) is 8.03. The van der Waals surface area contributed by atoms with Gasteiger partial charge in [0.2, 0.25) is 0 Å². The number of piperidine rings is 2. The Hall–Kier alpha value is -2.65. The highest BCUT2D eigenvalue weighted by Crippen LogP contribution is 2.34. The molecule has 3 aliphatic rings. The molecular formula is C27H37N5O3S. The monoisotopic (exact) mass is 511 g/mol. The Morgan fingerprint density at radius 1 is 1.11 bits per heavy atom. The molecule has 194 valence electrons. The molecule has 5 rings (SSSR count). The van der Waals surface area contributed by atoms with Gasteiger partial charge in [0.1, 0.15) is 4.88 Å². The van der Waals surface area contributed by atoms with E-state index >= 15 is 0 Å². The zero-order valence-corrected chi connectivity index (χ0v) is 22.3. The lowest BCUT2D eigenvalue weighted by molar-refractivity contribution is -0.0274. The van der Waals surface area contributed by atoms with Gasteiger partial charge >= 0.3 is 6.03 Å². The first-order chi connectivity index (χ1) is 17.2. The first-order valence-corrected chi connectivity index (χ1v) is 14.0. The third-order valence-corrected chi connectivity index (χ3v) is 9.08. The highest BCUT2D eigenvalue weighted by atomic mass is 32.1. The average molecular weight is 512 g/mol. The molecule has 0 bridgehead atoms. The van der Waals surface area contributed by atoms with Crippen LogP contribution >= 0.6 is 11.3 Å². The number of anilines is 2. The van der Waals surface area contributed by atoms with E-state index in [0.717, 1.165) is 74.7 Å². The summed E-state index contributed by atoms with van der Waals surface area (Å²) in [6.07, 6.45) is 5.42. The van der Waals surface area contributed by atoms with Gasteiger partial charge in [0.05, 0.1) is 17.3 Å². The number of carbonyl (C=O) groups excluding carboxylic acids is 2. The number of likely N-dealkylation sites (tertiary alicyclic amines) is 1. The summed E-state index contributed by atoms with van der Waals surface area (Å²) in [6.45, 7) is 8.50. The minimum Gasteiger partial charge on any atom is -0.388 e. The molecular weight excluding hydrogens is 474 g/mol. The van der Waals surface area contributed by atoms with Gasteiger partial charge in [-0.1, -0.05) is 29.5 Å². The number of nitrogens with zero attached hydrogens (tertiary/aromatic N) is 4. The van der Waals surface area contributed by atoms with E-state index in [1.54, 1.807) is 13.8 Å².